The van der Waals surface area contributed by atoms with Crippen LogP contribution in [0, 0.1) is 0 Å². The fourth-order valence-electron chi connectivity index (χ4n) is 1.16. The van der Waals surface area contributed by atoms with Gasteiger partial charge in [-0.05, 0) is 0 Å². The number of thioether (sulfide) groups is 5. The van der Waals surface area contributed by atoms with Crippen LogP contribution < -0.4 is 0 Å². The molecule has 0 radical (unpaired) electrons. The van der Waals surface area contributed by atoms with E-state index in [1.54, 1.807) is 0 Å². The molecule has 0 unspecified atom stereocenters. The van der Waals surface area contributed by atoms with E-state index in [2.05, 4.69) is 16.0 Å². The molecule has 0 nitrogen and oxygen atoms in total. The molecule has 0 aliphatic carbocycles. The third kappa shape index (κ3) is 2.72. The van der Waals surface area contributed by atoms with E-state index in [9.17, 15) is 0 Å². The number of rotatable bonds is 0. The minimum absolute atomic E-state index is 0.389. The van der Waals surface area contributed by atoms with Crippen molar-refractivity contribution >= 4 is 102 Å². The molecule has 0 N–H and O–H groups in total. The molecule has 0 fully saturated rings. The molecule has 0 bridgehead atoms. The van der Waals surface area contributed by atoms with Gasteiger partial charge in [-0.3, -0.25) is 0 Å². The molecule has 0 atom stereocenters. The van der Waals surface area contributed by atoms with Gasteiger partial charge >= 0.3 is 138 Å². The first-order valence-electron chi connectivity index (χ1n) is 4.28. The average molecular weight is 450 g/mol. The molecule has 0 aromatic rings. The molecule has 3 aliphatic rings. The summed E-state index contributed by atoms with van der Waals surface area (Å²) >= 11 is 18.6. The molecule has 0 spiro atoms. The Kier molecular flexibility index (Phi) is 4.71. The van der Waals surface area contributed by atoms with Crippen LogP contribution in [-0.4, -0.2) is 42.5 Å². The summed E-state index contributed by atoms with van der Waals surface area (Å²) in [6, 6.07) is 0. The fourth-order valence-corrected chi connectivity index (χ4v) is 13.6. The maximum absolute atomic E-state index is 5.34. The van der Waals surface area contributed by atoms with Crippen LogP contribution in [-0.2, 0) is 12.6 Å². The topological polar surface area (TPSA) is 0 Å². The molecular formula is C8H4S6Se2-2. The van der Waals surface area contributed by atoms with Gasteiger partial charge in [0, 0.05) is 0 Å². The first-order chi connectivity index (χ1) is 7.74. The normalized spacial score (nSPS) is 25.8. The van der Waals surface area contributed by atoms with Gasteiger partial charge in [0.25, 0.3) is 0 Å². The predicted molar refractivity (Wildman–Crippen MR) is 87.6 cm³/mol. The van der Waals surface area contributed by atoms with Gasteiger partial charge in [-0.2, -0.15) is 0 Å². The number of hydrogen-bond donors (Lipinski definition) is 0. The summed E-state index contributed by atoms with van der Waals surface area (Å²) in [5.41, 5.74) is 0. The molecule has 8 heteroatoms. The van der Waals surface area contributed by atoms with Crippen LogP contribution in [0.3, 0.4) is 0 Å². The van der Waals surface area contributed by atoms with E-state index in [0.717, 1.165) is 3.80 Å². The summed E-state index contributed by atoms with van der Waals surface area (Å²) in [4.78, 5) is 0. The third-order valence-corrected chi connectivity index (χ3v) is 14.8. The van der Waals surface area contributed by atoms with Crippen LogP contribution >= 0.6 is 58.8 Å². The van der Waals surface area contributed by atoms with E-state index in [1.807, 2.05) is 58.8 Å². The van der Waals surface area contributed by atoms with E-state index < -0.39 is 0 Å². The number of hydrogen-bond acceptors (Lipinski definition) is 6. The average Bonchev–Trinajstić information content (AvgIpc) is 2.83. The molecule has 3 rings (SSSR count). The molecule has 0 aromatic heterocycles. The van der Waals surface area contributed by atoms with Gasteiger partial charge in [-0.1, -0.05) is 0 Å². The summed E-state index contributed by atoms with van der Waals surface area (Å²) in [6.45, 7) is 0. The second-order valence-electron chi connectivity index (χ2n) is 2.83. The molecule has 3 aliphatic heterocycles. The van der Waals surface area contributed by atoms with Crippen LogP contribution in [0.5, 0.6) is 0 Å². The Morgan fingerprint density at radius 1 is 1.00 bits per heavy atom. The second-order valence-corrected chi connectivity index (χ2v) is 14.0. The Labute approximate surface area is 136 Å². The van der Waals surface area contributed by atoms with E-state index in [-0.39, 0.29) is 0 Å². The fraction of sp³-hybridized carbons (Fsp3) is 0.250. The van der Waals surface area contributed by atoms with Crippen LogP contribution in [0.15, 0.2) is 24.1 Å². The van der Waals surface area contributed by atoms with Crippen molar-refractivity contribution in [3.05, 3.63) is 24.1 Å². The summed E-state index contributed by atoms with van der Waals surface area (Å²) in [5.74, 6) is 2.52. The van der Waals surface area contributed by atoms with Gasteiger partial charge in [0.15, 0.2) is 0 Å². The monoisotopic (exact) mass is 452 g/mol. The van der Waals surface area contributed by atoms with Gasteiger partial charge in [0.1, 0.15) is 0 Å². The Morgan fingerprint density at radius 3 is 2.12 bits per heavy atom. The molecule has 0 aromatic carbocycles. The van der Waals surface area contributed by atoms with Gasteiger partial charge < -0.3 is 0 Å². The zero-order chi connectivity index (χ0) is 11.1. The standard InChI is InChI=1S/C8H6S6Se2/c9-3-7(15)14-8(16-3)6-12-4-5(13-6)11-2-1-10-4/h9,15H,1-2H2/p-2. The first kappa shape index (κ1) is 13.2. The van der Waals surface area contributed by atoms with E-state index >= 15 is 0 Å². The first-order valence-corrected chi connectivity index (χ1v) is 11.7. The van der Waals surface area contributed by atoms with E-state index in [1.165, 1.54) is 31.8 Å². The van der Waals surface area contributed by atoms with Crippen LogP contribution in [0.2, 0.25) is 0 Å². The van der Waals surface area contributed by atoms with Crippen LogP contribution in [0.25, 0.3) is 0 Å². The predicted octanol–water partition coefficient (Wildman–Crippen LogP) is 3.49. The maximum atomic E-state index is 5.34. The van der Waals surface area contributed by atoms with Crippen molar-refractivity contribution in [1.29, 1.82) is 0 Å². The van der Waals surface area contributed by atoms with Gasteiger partial charge in [-0.25, -0.2) is 0 Å². The quantitative estimate of drug-likeness (QED) is 0.407. The molecule has 0 amide bonds. The summed E-state index contributed by atoms with van der Waals surface area (Å²) in [5, 5.41) is 0. The Bertz CT molecular complexity index is 402. The molecule has 0 saturated heterocycles. The van der Waals surface area contributed by atoms with Crippen molar-refractivity contribution in [2.75, 3.05) is 11.5 Å². The van der Waals surface area contributed by atoms with Gasteiger partial charge in [0.05, 0.1) is 0 Å². The minimum atomic E-state index is 0.389. The summed E-state index contributed by atoms with van der Waals surface area (Å²) < 4.78 is 8.43. The van der Waals surface area contributed by atoms with Crippen molar-refractivity contribution < 1.29 is 0 Å². The molecule has 3 heterocycles. The SMILES string of the molecule is [S-]C1=C([Se-])SC(=C2SC3=C(SCCS3)S2)[Se]1. The molecule has 86 valence electrons. The van der Waals surface area contributed by atoms with Crippen molar-refractivity contribution in [2.45, 2.75) is 0 Å². The molecule has 16 heavy (non-hydrogen) atoms. The Hall–Kier alpha value is 2.23. The van der Waals surface area contributed by atoms with Gasteiger partial charge in [-0.15, -0.1) is 0 Å². The van der Waals surface area contributed by atoms with Crippen molar-refractivity contribution in [1.82, 2.24) is 0 Å². The molecular weight excluding hydrogens is 446 g/mol. The zero-order valence-electron chi connectivity index (χ0n) is 7.68. The Balaban J connectivity index is 1.79. The third-order valence-electron chi connectivity index (χ3n) is 1.79. The van der Waals surface area contributed by atoms with Crippen molar-refractivity contribution in [3.8, 4) is 0 Å². The van der Waals surface area contributed by atoms with E-state index in [4.69, 9.17) is 12.6 Å². The van der Waals surface area contributed by atoms with Crippen LogP contribution in [0.1, 0.15) is 0 Å². The second kappa shape index (κ2) is 5.69. The zero-order valence-corrected chi connectivity index (χ0v) is 16.0. The van der Waals surface area contributed by atoms with Crippen molar-refractivity contribution in [3.63, 3.8) is 0 Å². The van der Waals surface area contributed by atoms with Gasteiger partial charge in [0.2, 0.25) is 0 Å². The molecule has 0 saturated carbocycles. The van der Waals surface area contributed by atoms with Crippen LogP contribution in [0.4, 0.5) is 0 Å². The summed E-state index contributed by atoms with van der Waals surface area (Å²) in [7, 11) is 0. The summed E-state index contributed by atoms with van der Waals surface area (Å²) in [6.07, 6.45) is 0. The Morgan fingerprint density at radius 2 is 1.62 bits per heavy atom. The van der Waals surface area contributed by atoms with Crippen molar-refractivity contribution in [2.24, 2.45) is 0 Å². The van der Waals surface area contributed by atoms with E-state index in [0.29, 0.717) is 15.0 Å².